The number of nitrogens with one attached hydrogen (secondary N) is 1. The molecule has 2 aromatic rings. The van der Waals surface area contributed by atoms with Crippen LogP contribution in [0.1, 0.15) is 45.0 Å². The van der Waals surface area contributed by atoms with Crippen LogP contribution in [0.3, 0.4) is 0 Å². The van der Waals surface area contributed by atoms with Crippen LogP contribution < -0.4 is 5.32 Å². The number of esters is 1. The van der Waals surface area contributed by atoms with Gasteiger partial charge >= 0.3 is 5.97 Å². The van der Waals surface area contributed by atoms with Crippen molar-refractivity contribution in [2.75, 3.05) is 18.5 Å². The lowest BCUT2D eigenvalue weighted by atomic mass is 10.0. The van der Waals surface area contributed by atoms with Gasteiger partial charge in [-0.3, -0.25) is 9.59 Å². The smallest absolute Gasteiger partial charge is 0.341 e. The van der Waals surface area contributed by atoms with Crippen LogP contribution in [0.15, 0.2) is 18.2 Å². The summed E-state index contributed by atoms with van der Waals surface area (Å²) in [6.07, 6.45) is 0.420. The van der Waals surface area contributed by atoms with Gasteiger partial charge in [0.25, 0.3) is 5.91 Å². The lowest BCUT2D eigenvalue weighted by Crippen LogP contribution is -2.34. The molecule has 1 N–H and O–H groups in total. The third-order valence-electron chi connectivity index (χ3n) is 4.40. The van der Waals surface area contributed by atoms with Crippen LogP contribution >= 0.6 is 11.3 Å². The van der Waals surface area contributed by atoms with Crippen molar-refractivity contribution < 1.29 is 27.9 Å². The highest BCUT2D eigenvalue weighted by Crippen LogP contribution is 2.38. The normalized spacial score (nSPS) is 13.1. The Hall–Kier alpha value is -2.81. The molecule has 0 saturated heterocycles. The predicted molar refractivity (Wildman–Crippen MR) is 99.4 cm³/mol. The number of nitrogens with zero attached hydrogens (tertiary/aromatic N) is 1. The number of anilines is 1. The van der Waals surface area contributed by atoms with Crippen LogP contribution in [-0.2, 0) is 22.5 Å². The number of hydrogen-bond donors (Lipinski definition) is 1. The molecule has 9 heteroatoms. The molecule has 0 spiro atoms. The maximum atomic E-state index is 13.9. The van der Waals surface area contributed by atoms with Crippen molar-refractivity contribution in [3.8, 4) is 0 Å². The van der Waals surface area contributed by atoms with E-state index in [1.54, 1.807) is 11.8 Å². The average Bonchev–Trinajstić information content (AvgIpc) is 2.98. The summed E-state index contributed by atoms with van der Waals surface area (Å²) in [6, 6.07) is 3.12. The number of rotatable bonds is 4. The lowest BCUT2D eigenvalue weighted by molar-refractivity contribution is -0.129. The molecule has 0 bridgehead atoms. The molecule has 0 fully saturated rings. The maximum Gasteiger partial charge on any atom is 0.341 e. The fraction of sp³-hybridized carbons (Fsp3) is 0.316. The first-order valence-corrected chi connectivity index (χ1v) is 9.47. The fourth-order valence-corrected chi connectivity index (χ4v) is 4.31. The van der Waals surface area contributed by atoms with E-state index in [-0.39, 0.29) is 23.1 Å². The molecule has 0 radical (unpaired) electrons. The summed E-state index contributed by atoms with van der Waals surface area (Å²) in [6.45, 7) is 3.97. The van der Waals surface area contributed by atoms with E-state index >= 15 is 0 Å². The Morgan fingerprint density at radius 3 is 2.50 bits per heavy atom. The highest BCUT2D eigenvalue weighted by Gasteiger charge is 2.31. The summed E-state index contributed by atoms with van der Waals surface area (Å²) in [4.78, 5) is 39.0. The SMILES string of the molecule is CCOC(=O)c1c(NC(=O)c2c(F)cccc2F)sc2c1CCN(C(C)=O)C2. The number of halogens is 2. The second kappa shape index (κ2) is 8.05. The third-order valence-corrected chi connectivity index (χ3v) is 5.53. The quantitative estimate of drug-likeness (QED) is 0.788. The molecule has 3 rings (SSSR count). The van der Waals surface area contributed by atoms with E-state index in [9.17, 15) is 23.2 Å². The van der Waals surface area contributed by atoms with Gasteiger partial charge in [0.05, 0.1) is 18.7 Å². The van der Waals surface area contributed by atoms with Gasteiger partial charge < -0.3 is 15.0 Å². The van der Waals surface area contributed by atoms with Crippen molar-refractivity contribution in [1.82, 2.24) is 4.90 Å². The van der Waals surface area contributed by atoms with Gasteiger partial charge in [0.1, 0.15) is 22.2 Å². The Labute approximate surface area is 164 Å². The van der Waals surface area contributed by atoms with Crippen LogP contribution in [0.2, 0.25) is 0 Å². The first kappa shape index (κ1) is 19.9. The highest BCUT2D eigenvalue weighted by molar-refractivity contribution is 7.17. The van der Waals surface area contributed by atoms with Crippen LogP contribution in [0.5, 0.6) is 0 Å². The molecule has 0 aliphatic carbocycles. The Bertz CT molecular complexity index is 937. The zero-order valence-corrected chi connectivity index (χ0v) is 16.1. The highest BCUT2D eigenvalue weighted by atomic mass is 32.1. The second-order valence-corrected chi connectivity index (χ2v) is 7.27. The molecule has 1 aliphatic heterocycles. The van der Waals surface area contributed by atoms with Crippen molar-refractivity contribution in [2.24, 2.45) is 0 Å². The summed E-state index contributed by atoms with van der Waals surface area (Å²) < 4.78 is 32.9. The summed E-state index contributed by atoms with van der Waals surface area (Å²) in [5, 5.41) is 2.60. The molecule has 6 nitrogen and oxygen atoms in total. The van der Waals surface area contributed by atoms with Gasteiger partial charge in [-0.15, -0.1) is 11.3 Å². The minimum absolute atomic E-state index is 0.101. The van der Waals surface area contributed by atoms with E-state index in [0.717, 1.165) is 34.4 Å². The lowest BCUT2D eigenvalue weighted by Gasteiger charge is -2.25. The molecule has 1 aromatic heterocycles. The van der Waals surface area contributed by atoms with Gasteiger partial charge in [-0.2, -0.15) is 0 Å². The summed E-state index contributed by atoms with van der Waals surface area (Å²) in [5.41, 5.74) is 0.134. The monoisotopic (exact) mass is 408 g/mol. The number of carbonyl (C=O) groups excluding carboxylic acids is 3. The van der Waals surface area contributed by atoms with E-state index in [0.29, 0.717) is 25.1 Å². The van der Waals surface area contributed by atoms with Gasteiger partial charge in [-0.05, 0) is 31.0 Å². The van der Waals surface area contributed by atoms with E-state index in [1.165, 1.54) is 6.92 Å². The Kier molecular flexibility index (Phi) is 5.73. The number of thiophene rings is 1. The largest absolute Gasteiger partial charge is 0.462 e. The van der Waals surface area contributed by atoms with Gasteiger partial charge in [0.2, 0.25) is 5.91 Å². The molecular formula is C19H18F2N2O4S. The number of amides is 2. The molecule has 1 aromatic carbocycles. The first-order valence-electron chi connectivity index (χ1n) is 8.66. The van der Waals surface area contributed by atoms with Crippen LogP contribution in [0.4, 0.5) is 13.8 Å². The molecule has 2 amide bonds. The van der Waals surface area contributed by atoms with Gasteiger partial charge in [0.15, 0.2) is 0 Å². The summed E-state index contributed by atoms with van der Waals surface area (Å²) >= 11 is 1.10. The summed E-state index contributed by atoms with van der Waals surface area (Å²) in [5.74, 6) is -3.72. The minimum atomic E-state index is -1.00. The summed E-state index contributed by atoms with van der Waals surface area (Å²) in [7, 11) is 0. The second-order valence-electron chi connectivity index (χ2n) is 6.17. The van der Waals surface area contributed by atoms with Crippen molar-refractivity contribution in [1.29, 1.82) is 0 Å². The van der Waals surface area contributed by atoms with E-state index in [1.807, 2.05) is 0 Å². The van der Waals surface area contributed by atoms with Gasteiger partial charge in [-0.1, -0.05) is 6.07 Å². The van der Waals surface area contributed by atoms with Crippen LogP contribution in [0, 0.1) is 11.6 Å². The van der Waals surface area contributed by atoms with Crippen molar-refractivity contribution >= 4 is 34.1 Å². The number of carbonyl (C=O) groups is 3. The Morgan fingerprint density at radius 2 is 1.89 bits per heavy atom. The van der Waals surface area contributed by atoms with Crippen LogP contribution in [-0.4, -0.2) is 35.8 Å². The molecule has 28 heavy (non-hydrogen) atoms. The Balaban J connectivity index is 1.99. The number of hydrogen-bond acceptors (Lipinski definition) is 5. The average molecular weight is 408 g/mol. The predicted octanol–water partition coefficient (Wildman–Crippen LogP) is 3.36. The number of ether oxygens (including phenoxy) is 1. The van der Waals surface area contributed by atoms with Gasteiger partial charge in [0, 0.05) is 18.3 Å². The van der Waals surface area contributed by atoms with E-state index in [4.69, 9.17) is 4.74 Å². The zero-order chi connectivity index (χ0) is 20.4. The van der Waals surface area contributed by atoms with Crippen molar-refractivity contribution in [3.05, 3.63) is 51.4 Å². The first-order chi connectivity index (χ1) is 13.3. The topological polar surface area (TPSA) is 75.7 Å². The minimum Gasteiger partial charge on any atom is -0.462 e. The zero-order valence-electron chi connectivity index (χ0n) is 15.3. The third kappa shape index (κ3) is 3.75. The number of fused-ring (bicyclic) bond motifs is 1. The molecule has 0 unspecified atom stereocenters. The molecule has 2 heterocycles. The standard InChI is InChI=1S/C19H18F2N2O4S/c1-3-27-19(26)15-11-7-8-23(10(2)24)9-14(11)28-18(15)22-17(25)16-12(20)5-4-6-13(16)21/h4-6H,3,7-9H2,1-2H3,(H,22,25). The maximum absolute atomic E-state index is 13.9. The van der Waals surface area contributed by atoms with Gasteiger partial charge in [-0.25, -0.2) is 13.6 Å². The molecule has 148 valence electrons. The molecule has 0 atom stereocenters. The number of benzene rings is 1. The Morgan fingerprint density at radius 1 is 1.21 bits per heavy atom. The molecular weight excluding hydrogens is 390 g/mol. The van der Waals surface area contributed by atoms with Crippen molar-refractivity contribution in [3.63, 3.8) is 0 Å². The van der Waals surface area contributed by atoms with Crippen LogP contribution in [0.25, 0.3) is 0 Å². The van der Waals surface area contributed by atoms with E-state index < -0.39 is 29.1 Å². The van der Waals surface area contributed by atoms with Crippen molar-refractivity contribution in [2.45, 2.75) is 26.8 Å². The fourth-order valence-electron chi connectivity index (χ4n) is 3.06. The molecule has 0 saturated carbocycles. The van der Waals surface area contributed by atoms with E-state index in [2.05, 4.69) is 5.32 Å². The molecule has 1 aliphatic rings.